The summed E-state index contributed by atoms with van der Waals surface area (Å²) >= 11 is 1.64. The lowest BCUT2D eigenvalue weighted by Gasteiger charge is -2.19. The van der Waals surface area contributed by atoms with Gasteiger partial charge >= 0.3 is 0 Å². The lowest BCUT2D eigenvalue weighted by molar-refractivity contribution is 0.116. The standard InChI is InChI=1S/C10H17N3OS/c1-13(6-9-3-2-4-14-9)10-12-8(5-11)7-15-10/h7,9H,2-6,11H2,1H3. The number of ether oxygens (including phenoxy) is 1. The third kappa shape index (κ3) is 2.68. The van der Waals surface area contributed by atoms with Crippen molar-refractivity contribution in [2.24, 2.45) is 5.73 Å². The second kappa shape index (κ2) is 4.92. The molecule has 1 saturated heterocycles. The van der Waals surface area contributed by atoms with Crippen molar-refractivity contribution in [3.8, 4) is 0 Å². The zero-order chi connectivity index (χ0) is 10.7. The highest BCUT2D eigenvalue weighted by molar-refractivity contribution is 7.13. The average Bonchev–Trinajstić information content (AvgIpc) is 2.86. The molecular formula is C10H17N3OS. The van der Waals surface area contributed by atoms with Gasteiger partial charge in [-0.25, -0.2) is 4.98 Å². The topological polar surface area (TPSA) is 51.4 Å². The van der Waals surface area contributed by atoms with Crippen LogP contribution in [-0.2, 0) is 11.3 Å². The molecule has 5 heteroatoms. The second-order valence-corrected chi connectivity index (χ2v) is 4.68. The molecular weight excluding hydrogens is 210 g/mol. The van der Waals surface area contributed by atoms with Crippen LogP contribution in [0.2, 0.25) is 0 Å². The maximum Gasteiger partial charge on any atom is 0.185 e. The number of nitrogens with two attached hydrogens (primary N) is 1. The molecule has 2 rings (SSSR count). The molecule has 0 saturated carbocycles. The van der Waals surface area contributed by atoms with Crippen LogP contribution in [0.3, 0.4) is 0 Å². The smallest absolute Gasteiger partial charge is 0.185 e. The van der Waals surface area contributed by atoms with Gasteiger partial charge in [0.15, 0.2) is 5.13 Å². The molecule has 0 aliphatic carbocycles. The Bertz CT molecular complexity index is 309. The highest BCUT2D eigenvalue weighted by Crippen LogP contribution is 2.21. The van der Waals surface area contributed by atoms with Crippen LogP contribution in [0.4, 0.5) is 5.13 Å². The Balaban J connectivity index is 1.91. The predicted molar refractivity (Wildman–Crippen MR) is 62.2 cm³/mol. The zero-order valence-corrected chi connectivity index (χ0v) is 9.80. The molecule has 15 heavy (non-hydrogen) atoms. The Labute approximate surface area is 94.1 Å². The summed E-state index contributed by atoms with van der Waals surface area (Å²) in [5, 5.41) is 3.05. The zero-order valence-electron chi connectivity index (χ0n) is 8.98. The third-order valence-corrected chi connectivity index (χ3v) is 3.58. The van der Waals surface area contributed by atoms with Gasteiger partial charge in [0, 0.05) is 32.1 Å². The summed E-state index contributed by atoms with van der Waals surface area (Å²) in [5.41, 5.74) is 6.49. The summed E-state index contributed by atoms with van der Waals surface area (Å²) in [6.45, 7) is 2.35. The van der Waals surface area contributed by atoms with Gasteiger partial charge in [-0.05, 0) is 12.8 Å². The van der Waals surface area contributed by atoms with Gasteiger partial charge in [0.05, 0.1) is 11.8 Å². The summed E-state index contributed by atoms with van der Waals surface area (Å²) in [4.78, 5) is 6.59. The molecule has 1 aliphatic rings. The summed E-state index contributed by atoms with van der Waals surface area (Å²) in [6.07, 6.45) is 2.73. The first kappa shape index (κ1) is 10.9. The monoisotopic (exact) mass is 227 g/mol. The highest BCUT2D eigenvalue weighted by Gasteiger charge is 2.18. The minimum atomic E-state index is 0.375. The van der Waals surface area contributed by atoms with Crippen molar-refractivity contribution < 1.29 is 4.74 Å². The van der Waals surface area contributed by atoms with Gasteiger partial charge in [-0.2, -0.15) is 0 Å². The van der Waals surface area contributed by atoms with Gasteiger partial charge in [-0.15, -0.1) is 11.3 Å². The number of anilines is 1. The van der Waals surface area contributed by atoms with Gasteiger partial charge in [0.25, 0.3) is 0 Å². The van der Waals surface area contributed by atoms with E-state index in [0.29, 0.717) is 12.6 Å². The quantitative estimate of drug-likeness (QED) is 0.840. The van der Waals surface area contributed by atoms with Gasteiger partial charge < -0.3 is 15.4 Å². The molecule has 1 aliphatic heterocycles. The number of rotatable bonds is 4. The molecule has 0 spiro atoms. The van der Waals surface area contributed by atoms with Crippen molar-refractivity contribution in [2.45, 2.75) is 25.5 Å². The Morgan fingerprint density at radius 3 is 3.20 bits per heavy atom. The maximum atomic E-state index is 5.59. The fourth-order valence-corrected chi connectivity index (χ4v) is 2.55. The Hall–Kier alpha value is -0.650. The Morgan fingerprint density at radius 1 is 1.73 bits per heavy atom. The molecule has 1 unspecified atom stereocenters. The number of hydrogen-bond donors (Lipinski definition) is 1. The van der Waals surface area contributed by atoms with Crippen LogP contribution in [-0.4, -0.2) is 31.3 Å². The number of thiazole rings is 1. The first-order valence-electron chi connectivity index (χ1n) is 5.27. The molecule has 4 nitrogen and oxygen atoms in total. The highest BCUT2D eigenvalue weighted by atomic mass is 32.1. The molecule has 1 aromatic heterocycles. The summed E-state index contributed by atoms with van der Waals surface area (Å²) in [5.74, 6) is 0. The van der Waals surface area contributed by atoms with Crippen molar-refractivity contribution in [1.82, 2.24) is 4.98 Å². The molecule has 1 aromatic rings. The molecule has 2 N–H and O–H groups in total. The number of aromatic nitrogens is 1. The largest absolute Gasteiger partial charge is 0.376 e. The molecule has 0 amide bonds. The van der Waals surface area contributed by atoms with Crippen molar-refractivity contribution >= 4 is 16.5 Å². The fraction of sp³-hybridized carbons (Fsp3) is 0.700. The normalized spacial score (nSPS) is 20.8. The summed E-state index contributed by atoms with van der Waals surface area (Å²) in [6, 6.07) is 0. The van der Waals surface area contributed by atoms with Gasteiger partial charge in [-0.1, -0.05) is 0 Å². The van der Waals surface area contributed by atoms with Crippen LogP contribution >= 0.6 is 11.3 Å². The summed E-state index contributed by atoms with van der Waals surface area (Å²) in [7, 11) is 2.06. The van der Waals surface area contributed by atoms with Crippen LogP contribution in [0.25, 0.3) is 0 Å². The van der Waals surface area contributed by atoms with Crippen LogP contribution in [0.15, 0.2) is 5.38 Å². The number of nitrogens with zero attached hydrogens (tertiary/aromatic N) is 2. The Kier molecular flexibility index (Phi) is 3.56. The van der Waals surface area contributed by atoms with E-state index in [1.807, 2.05) is 5.38 Å². The van der Waals surface area contributed by atoms with Crippen LogP contribution in [0.5, 0.6) is 0 Å². The maximum absolute atomic E-state index is 5.59. The summed E-state index contributed by atoms with van der Waals surface area (Å²) < 4.78 is 5.59. The van der Waals surface area contributed by atoms with Gasteiger partial charge in [0.1, 0.15) is 0 Å². The molecule has 1 fully saturated rings. The van der Waals surface area contributed by atoms with E-state index in [1.54, 1.807) is 11.3 Å². The predicted octanol–water partition coefficient (Wildman–Crippen LogP) is 1.22. The van der Waals surface area contributed by atoms with Crippen molar-refractivity contribution in [2.75, 3.05) is 25.1 Å². The Morgan fingerprint density at radius 2 is 2.60 bits per heavy atom. The molecule has 0 radical (unpaired) electrons. The molecule has 84 valence electrons. The van der Waals surface area contributed by atoms with Crippen molar-refractivity contribution in [3.63, 3.8) is 0 Å². The lowest BCUT2D eigenvalue weighted by atomic mass is 10.2. The molecule has 2 heterocycles. The van der Waals surface area contributed by atoms with E-state index >= 15 is 0 Å². The van der Waals surface area contributed by atoms with Crippen LogP contribution in [0, 0.1) is 0 Å². The van der Waals surface area contributed by atoms with E-state index < -0.39 is 0 Å². The first-order valence-corrected chi connectivity index (χ1v) is 6.15. The molecule has 0 aromatic carbocycles. The van der Waals surface area contributed by atoms with E-state index in [1.165, 1.54) is 12.8 Å². The molecule has 1 atom stereocenters. The molecule has 0 bridgehead atoms. The van der Waals surface area contributed by atoms with Crippen LogP contribution < -0.4 is 10.6 Å². The van der Waals surface area contributed by atoms with E-state index in [2.05, 4.69) is 16.9 Å². The minimum absolute atomic E-state index is 0.375. The third-order valence-electron chi connectivity index (χ3n) is 2.58. The van der Waals surface area contributed by atoms with Crippen molar-refractivity contribution in [3.05, 3.63) is 11.1 Å². The number of likely N-dealkylation sites (N-methyl/N-ethyl adjacent to an activating group) is 1. The van der Waals surface area contributed by atoms with Crippen molar-refractivity contribution in [1.29, 1.82) is 0 Å². The average molecular weight is 227 g/mol. The van der Waals surface area contributed by atoms with Gasteiger partial charge in [-0.3, -0.25) is 0 Å². The van der Waals surface area contributed by atoms with E-state index in [4.69, 9.17) is 10.5 Å². The SMILES string of the molecule is CN(CC1CCCO1)c1nc(CN)cs1. The van der Waals surface area contributed by atoms with E-state index in [-0.39, 0.29) is 0 Å². The van der Waals surface area contributed by atoms with E-state index in [0.717, 1.165) is 24.0 Å². The second-order valence-electron chi connectivity index (χ2n) is 3.84. The fourth-order valence-electron chi connectivity index (χ4n) is 1.74. The minimum Gasteiger partial charge on any atom is -0.376 e. The van der Waals surface area contributed by atoms with E-state index in [9.17, 15) is 0 Å². The first-order chi connectivity index (χ1) is 7.29. The lowest BCUT2D eigenvalue weighted by Crippen LogP contribution is -2.28. The van der Waals surface area contributed by atoms with Crippen LogP contribution in [0.1, 0.15) is 18.5 Å². The number of hydrogen-bond acceptors (Lipinski definition) is 5. The van der Waals surface area contributed by atoms with Gasteiger partial charge in [0.2, 0.25) is 0 Å².